The van der Waals surface area contributed by atoms with Crippen LogP contribution in [0.5, 0.6) is 0 Å². The van der Waals surface area contributed by atoms with E-state index in [9.17, 15) is 9.59 Å². The van der Waals surface area contributed by atoms with Crippen molar-refractivity contribution in [3.05, 3.63) is 12.7 Å². The normalized spacial score (nSPS) is 21.1. The predicted octanol–water partition coefficient (Wildman–Crippen LogP) is 1.28. The van der Waals surface area contributed by atoms with Gasteiger partial charge in [-0.05, 0) is 19.3 Å². The molecule has 0 unspecified atom stereocenters. The van der Waals surface area contributed by atoms with Crippen LogP contribution in [0.2, 0.25) is 0 Å². The van der Waals surface area contributed by atoms with E-state index in [1.165, 1.54) is 0 Å². The molecule has 1 N–H and O–H groups in total. The summed E-state index contributed by atoms with van der Waals surface area (Å²) in [5.74, 6) is -1.14. The van der Waals surface area contributed by atoms with Gasteiger partial charge in [-0.1, -0.05) is 6.08 Å². The van der Waals surface area contributed by atoms with E-state index in [1.807, 2.05) is 0 Å². The lowest BCUT2D eigenvalue weighted by Gasteiger charge is -2.30. The van der Waals surface area contributed by atoms with Crippen molar-refractivity contribution in [3.63, 3.8) is 0 Å². The Morgan fingerprint density at radius 2 is 2.27 bits per heavy atom. The van der Waals surface area contributed by atoms with E-state index in [0.717, 1.165) is 6.42 Å². The number of carboxylic acids is 1. The number of hydrogen-bond acceptors (Lipinski definition) is 2. The molecule has 4 heteroatoms. The van der Waals surface area contributed by atoms with Crippen LogP contribution in [-0.4, -0.2) is 35.0 Å². The Morgan fingerprint density at radius 3 is 2.87 bits per heavy atom. The number of carbonyl (C=O) groups excluding carboxylic acids is 1. The van der Waals surface area contributed by atoms with E-state index in [0.29, 0.717) is 32.4 Å². The van der Waals surface area contributed by atoms with Crippen LogP contribution in [0.1, 0.15) is 25.7 Å². The summed E-state index contributed by atoms with van der Waals surface area (Å²) < 4.78 is 0. The van der Waals surface area contributed by atoms with Crippen LogP contribution < -0.4 is 0 Å². The van der Waals surface area contributed by atoms with Crippen molar-refractivity contribution < 1.29 is 14.7 Å². The van der Waals surface area contributed by atoms with Gasteiger partial charge in [-0.15, -0.1) is 6.58 Å². The van der Waals surface area contributed by atoms with Gasteiger partial charge in [0.2, 0.25) is 5.91 Å². The maximum absolute atomic E-state index is 11.6. The van der Waals surface area contributed by atoms with Crippen molar-refractivity contribution >= 4 is 11.9 Å². The lowest BCUT2D eigenvalue weighted by molar-refractivity contribution is -0.145. The van der Waals surface area contributed by atoms with Crippen molar-refractivity contribution in [2.45, 2.75) is 25.7 Å². The zero-order valence-corrected chi connectivity index (χ0v) is 8.82. The van der Waals surface area contributed by atoms with E-state index in [1.54, 1.807) is 11.0 Å². The van der Waals surface area contributed by atoms with E-state index in [-0.39, 0.29) is 11.8 Å². The minimum Gasteiger partial charge on any atom is -0.481 e. The number of allylic oxidation sites excluding steroid dienone is 1. The van der Waals surface area contributed by atoms with Gasteiger partial charge in [-0.2, -0.15) is 0 Å². The first-order chi connectivity index (χ1) is 7.15. The summed E-state index contributed by atoms with van der Waals surface area (Å²) in [6.45, 7) is 4.62. The molecule has 1 rings (SSSR count). The molecule has 1 amide bonds. The molecule has 15 heavy (non-hydrogen) atoms. The second kappa shape index (κ2) is 5.53. The lowest BCUT2D eigenvalue weighted by Crippen LogP contribution is -2.42. The summed E-state index contributed by atoms with van der Waals surface area (Å²) in [6.07, 6.45) is 4.27. The van der Waals surface area contributed by atoms with Gasteiger partial charge in [0.25, 0.3) is 0 Å². The molecule has 0 saturated carbocycles. The average Bonchev–Trinajstić information content (AvgIpc) is 2.26. The Bertz CT molecular complexity index is 263. The summed E-state index contributed by atoms with van der Waals surface area (Å²) in [6, 6.07) is 0. The number of rotatable bonds is 4. The van der Waals surface area contributed by atoms with Gasteiger partial charge in [0.05, 0.1) is 5.92 Å². The third-order valence-corrected chi connectivity index (χ3v) is 2.69. The molecule has 1 aliphatic rings. The number of carboxylic acid groups (broad SMARTS) is 1. The highest BCUT2D eigenvalue weighted by atomic mass is 16.4. The standard InChI is InChI=1S/C11H17NO3/c1-2-3-6-10(13)12-7-4-5-9(8-12)11(14)15/h2,9H,1,3-8H2,(H,14,15)/t9-/m1/s1. The van der Waals surface area contributed by atoms with Gasteiger partial charge in [0, 0.05) is 19.5 Å². The zero-order valence-electron chi connectivity index (χ0n) is 8.82. The van der Waals surface area contributed by atoms with E-state index in [4.69, 9.17) is 5.11 Å². The van der Waals surface area contributed by atoms with Crippen molar-refractivity contribution in [1.82, 2.24) is 4.90 Å². The van der Waals surface area contributed by atoms with Gasteiger partial charge in [-0.25, -0.2) is 0 Å². The largest absolute Gasteiger partial charge is 0.481 e. The molecule has 1 fully saturated rings. The second-order valence-corrected chi connectivity index (χ2v) is 3.84. The minimum absolute atomic E-state index is 0.0425. The molecule has 0 bridgehead atoms. The molecule has 1 atom stereocenters. The quantitative estimate of drug-likeness (QED) is 0.712. The molecule has 0 aromatic heterocycles. The minimum atomic E-state index is -0.795. The Labute approximate surface area is 89.6 Å². The fourth-order valence-electron chi connectivity index (χ4n) is 1.79. The number of amides is 1. The van der Waals surface area contributed by atoms with Crippen LogP contribution in [-0.2, 0) is 9.59 Å². The van der Waals surface area contributed by atoms with Crippen LogP contribution in [0.25, 0.3) is 0 Å². The van der Waals surface area contributed by atoms with Crippen molar-refractivity contribution in [1.29, 1.82) is 0 Å². The SMILES string of the molecule is C=CCCC(=O)N1CCC[C@@H](C(=O)O)C1. The van der Waals surface area contributed by atoms with Crippen LogP contribution in [0.4, 0.5) is 0 Å². The number of hydrogen-bond donors (Lipinski definition) is 1. The number of piperidine rings is 1. The fraction of sp³-hybridized carbons (Fsp3) is 0.636. The molecule has 0 aliphatic carbocycles. The van der Waals surface area contributed by atoms with Crippen LogP contribution >= 0.6 is 0 Å². The number of nitrogens with zero attached hydrogens (tertiary/aromatic N) is 1. The van der Waals surface area contributed by atoms with E-state index >= 15 is 0 Å². The molecule has 84 valence electrons. The van der Waals surface area contributed by atoms with Crippen molar-refractivity contribution in [3.8, 4) is 0 Å². The lowest BCUT2D eigenvalue weighted by atomic mass is 9.98. The second-order valence-electron chi connectivity index (χ2n) is 3.84. The summed E-state index contributed by atoms with van der Waals surface area (Å²) in [4.78, 5) is 24.1. The maximum Gasteiger partial charge on any atom is 0.308 e. The molecule has 4 nitrogen and oxygen atoms in total. The fourth-order valence-corrected chi connectivity index (χ4v) is 1.79. The third-order valence-electron chi connectivity index (χ3n) is 2.69. The Balaban J connectivity index is 2.44. The smallest absolute Gasteiger partial charge is 0.308 e. The topological polar surface area (TPSA) is 57.6 Å². The Hall–Kier alpha value is -1.32. The zero-order chi connectivity index (χ0) is 11.3. The maximum atomic E-state index is 11.6. The molecular formula is C11H17NO3. The van der Waals surface area contributed by atoms with Gasteiger partial charge in [0.15, 0.2) is 0 Å². The first kappa shape index (κ1) is 11.8. The van der Waals surface area contributed by atoms with Crippen LogP contribution in [0.15, 0.2) is 12.7 Å². The summed E-state index contributed by atoms with van der Waals surface area (Å²) >= 11 is 0. The molecule has 1 saturated heterocycles. The Morgan fingerprint density at radius 1 is 1.53 bits per heavy atom. The first-order valence-electron chi connectivity index (χ1n) is 5.26. The molecule has 0 aromatic rings. The van der Waals surface area contributed by atoms with Gasteiger partial charge in [-0.3, -0.25) is 9.59 Å². The summed E-state index contributed by atoms with van der Waals surface area (Å²) in [5.41, 5.74) is 0. The molecule has 1 heterocycles. The molecule has 0 aromatic carbocycles. The molecular weight excluding hydrogens is 194 g/mol. The van der Waals surface area contributed by atoms with Crippen LogP contribution in [0.3, 0.4) is 0 Å². The van der Waals surface area contributed by atoms with Gasteiger partial charge < -0.3 is 10.0 Å². The predicted molar refractivity (Wildman–Crippen MR) is 56.4 cm³/mol. The highest BCUT2D eigenvalue weighted by molar-refractivity contribution is 5.78. The molecule has 0 spiro atoms. The highest BCUT2D eigenvalue weighted by Crippen LogP contribution is 2.17. The number of carbonyl (C=O) groups is 2. The third kappa shape index (κ3) is 3.38. The Kier molecular flexibility index (Phi) is 4.34. The molecule has 0 radical (unpaired) electrons. The van der Waals surface area contributed by atoms with E-state index in [2.05, 4.69) is 6.58 Å². The van der Waals surface area contributed by atoms with Gasteiger partial charge in [0.1, 0.15) is 0 Å². The number of likely N-dealkylation sites (tertiary alicyclic amines) is 1. The highest BCUT2D eigenvalue weighted by Gasteiger charge is 2.27. The summed E-state index contributed by atoms with van der Waals surface area (Å²) in [5, 5.41) is 8.86. The van der Waals surface area contributed by atoms with Gasteiger partial charge >= 0.3 is 5.97 Å². The van der Waals surface area contributed by atoms with E-state index < -0.39 is 5.97 Å². The average molecular weight is 211 g/mol. The first-order valence-corrected chi connectivity index (χ1v) is 5.26. The molecule has 1 aliphatic heterocycles. The van der Waals surface area contributed by atoms with Crippen LogP contribution in [0, 0.1) is 5.92 Å². The van der Waals surface area contributed by atoms with Crippen molar-refractivity contribution in [2.24, 2.45) is 5.92 Å². The monoisotopic (exact) mass is 211 g/mol. The number of aliphatic carboxylic acids is 1. The van der Waals surface area contributed by atoms with Crippen molar-refractivity contribution in [2.75, 3.05) is 13.1 Å². The summed E-state index contributed by atoms with van der Waals surface area (Å²) in [7, 11) is 0.